The molecule has 0 N–H and O–H groups in total. The lowest BCUT2D eigenvalue weighted by molar-refractivity contribution is 0.147. The van der Waals surface area contributed by atoms with Gasteiger partial charge in [0.1, 0.15) is 11.4 Å². The summed E-state index contributed by atoms with van der Waals surface area (Å²) in [7, 11) is 0. The first-order chi connectivity index (χ1) is 12.6. The van der Waals surface area contributed by atoms with Gasteiger partial charge >= 0.3 is 0 Å². The fourth-order valence-corrected chi connectivity index (χ4v) is 3.51. The lowest BCUT2D eigenvalue weighted by Gasteiger charge is -2.28. The van der Waals surface area contributed by atoms with Crippen LogP contribution in [0.4, 0.5) is 4.39 Å². The Labute approximate surface area is 153 Å². The zero-order valence-corrected chi connectivity index (χ0v) is 14.6. The Morgan fingerprint density at radius 2 is 1.62 bits per heavy atom. The molecular weight excluding hydrogens is 325 g/mol. The van der Waals surface area contributed by atoms with E-state index in [-0.39, 0.29) is 11.9 Å². The molecule has 3 heteroatoms. The van der Waals surface area contributed by atoms with Gasteiger partial charge in [0.2, 0.25) is 5.90 Å². The zero-order valence-electron chi connectivity index (χ0n) is 14.6. The molecule has 0 fully saturated rings. The third kappa shape index (κ3) is 3.25. The van der Waals surface area contributed by atoms with Gasteiger partial charge in [-0.15, -0.1) is 0 Å². The second-order valence-electron chi connectivity index (χ2n) is 6.86. The first-order valence-corrected chi connectivity index (χ1v) is 8.75. The van der Waals surface area contributed by atoms with Crippen LogP contribution in [0.15, 0.2) is 89.9 Å². The van der Waals surface area contributed by atoms with Gasteiger partial charge in [0, 0.05) is 12.0 Å². The molecule has 0 saturated heterocycles. The minimum atomic E-state index is -0.514. The molecule has 2 nitrogen and oxygen atoms in total. The van der Waals surface area contributed by atoms with Crippen molar-refractivity contribution in [1.82, 2.24) is 0 Å². The summed E-state index contributed by atoms with van der Waals surface area (Å²) >= 11 is 0. The highest BCUT2D eigenvalue weighted by Gasteiger charge is 2.43. The van der Waals surface area contributed by atoms with Crippen molar-refractivity contribution in [1.29, 1.82) is 0 Å². The Hall–Kier alpha value is -2.94. The molecule has 0 bridgehead atoms. The van der Waals surface area contributed by atoms with Crippen molar-refractivity contribution < 1.29 is 9.13 Å². The second-order valence-corrected chi connectivity index (χ2v) is 6.86. The van der Waals surface area contributed by atoms with E-state index in [1.54, 1.807) is 6.07 Å². The molecule has 0 aliphatic carbocycles. The number of benzene rings is 3. The van der Waals surface area contributed by atoms with E-state index < -0.39 is 5.54 Å². The Morgan fingerprint density at radius 3 is 2.31 bits per heavy atom. The van der Waals surface area contributed by atoms with E-state index in [2.05, 4.69) is 19.1 Å². The number of ether oxygens (including phenoxy) is 1. The number of aliphatic imine (C=N–C) groups is 1. The van der Waals surface area contributed by atoms with Gasteiger partial charge in [0.05, 0.1) is 0 Å². The predicted molar refractivity (Wildman–Crippen MR) is 102 cm³/mol. The van der Waals surface area contributed by atoms with E-state index in [4.69, 9.17) is 9.73 Å². The van der Waals surface area contributed by atoms with Crippen molar-refractivity contribution in [2.45, 2.75) is 25.0 Å². The van der Waals surface area contributed by atoms with Gasteiger partial charge in [-0.05, 0) is 42.3 Å². The lowest BCUT2D eigenvalue weighted by atomic mass is 9.84. The first-order valence-electron chi connectivity index (χ1n) is 8.75. The van der Waals surface area contributed by atoms with Gasteiger partial charge in [-0.25, -0.2) is 9.38 Å². The highest BCUT2D eigenvalue weighted by Crippen LogP contribution is 2.41. The number of hydrogen-bond donors (Lipinski definition) is 0. The van der Waals surface area contributed by atoms with Crippen molar-refractivity contribution in [3.8, 4) is 0 Å². The zero-order chi connectivity index (χ0) is 18.0. The molecule has 0 aromatic heterocycles. The Kier molecular flexibility index (Phi) is 4.29. The third-order valence-corrected chi connectivity index (χ3v) is 4.73. The minimum absolute atomic E-state index is 0.263. The normalized spacial score (nSPS) is 21.9. The Balaban J connectivity index is 1.75. The summed E-state index contributed by atoms with van der Waals surface area (Å²) in [6, 6.07) is 26.7. The van der Waals surface area contributed by atoms with Crippen LogP contribution < -0.4 is 0 Å². The fourth-order valence-electron chi connectivity index (χ4n) is 3.51. The van der Waals surface area contributed by atoms with E-state index in [9.17, 15) is 4.39 Å². The number of nitrogens with zero attached hydrogens (tertiary/aromatic N) is 1. The van der Waals surface area contributed by atoms with Crippen LogP contribution in [0.2, 0.25) is 0 Å². The van der Waals surface area contributed by atoms with Crippen LogP contribution in [0.3, 0.4) is 0 Å². The second kappa shape index (κ2) is 6.75. The molecule has 0 saturated carbocycles. The average Bonchev–Trinajstić information content (AvgIpc) is 3.00. The van der Waals surface area contributed by atoms with Gasteiger partial charge in [-0.2, -0.15) is 0 Å². The molecule has 3 aromatic carbocycles. The molecule has 26 heavy (non-hydrogen) atoms. The number of hydrogen-bond acceptors (Lipinski definition) is 2. The molecular formula is C23H20FNO. The number of rotatable bonds is 4. The van der Waals surface area contributed by atoms with Crippen molar-refractivity contribution in [3.63, 3.8) is 0 Å². The van der Waals surface area contributed by atoms with Crippen LogP contribution >= 0.6 is 0 Å². The van der Waals surface area contributed by atoms with Crippen molar-refractivity contribution in [2.24, 2.45) is 4.99 Å². The maximum absolute atomic E-state index is 13.8. The lowest BCUT2D eigenvalue weighted by Crippen LogP contribution is -2.31. The molecule has 2 atom stereocenters. The standard InChI is InChI=1S/C23H20FNO/c1-23(16-17-9-4-2-5-10-17)21(19-13-8-14-20(24)15-19)26-22(25-23)18-11-6-3-7-12-18/h2-15,21H,16H2,1H3/t21-,23-/m0/s1. The van der Waals surface area contributed by atoms with Gasteiger partial charge in [0.15, 0.2) is 6.10 Å². The Morgan fingerprint density at radius 1 is 0.923 bits per heavy atom. The maximum atomic E-state index is 13.8. The monoisotopic (exact) mass is 345 g/mol. The van der Waals surface area contributed by atoms with Crippen LogP contribution in [0.25, 0.3) is 0 Å². The maximum Gasteiger partial charge on any atom is 0.217 e. The van der Waals surface area contributed by atoms with Crippen LogP contribution in [0, 0.1) is 5.82 Å². The molecule has 3 aromatic rings. The molecule has 1 aliphatic heterocycles. The third-order valence-electron chi connectivity index (χ3n) is 4.73. The fraction of sp³-hybridized carbons (Fsp3) is 0.174. The molecule has 1 aliphatic rings. The van der Waals surface area contributed by atoms with Gasteiger partial charge in [-0.1, -0.05) is 60.7 Å². The van der Waals surface area contributed by atoms with E-state index in [1.807, 2.05) is 54.6 Å². The number of halogens is 1. The van der Waals surface area contributed by atoms with Gasteiger partial charge in [-0.3, -0.25) is 0 Å². The van der Waals surface area contributed by atoms with E-state index >= 15 is 0 Å². The van der Waals surface area contributed by atoms with Crippen molar-refractivity contribution in [2.75, 3.05) is 0 Å². The molecule has 1 heterocycles. The summed E-state index contributed by atoms with van der Waals surface area (Å²) in [4.78, 5) is 4.94. The summed E-state index contributed by atoms with van der Waals surface area (Å²) in [6.07, 6.45) is 0.374. The highest BCUT2D eigenvalue weighted by atomic mass is 19.1. The predicted octanol–water partition coefficient (Wildman–Crippen LogP) is 5.35. The van der Waals surface area contributed by atoms with E-state index in [0.29, 0.717) is 12.3 Å². The van der Waals surface area contributed by atoms with Crippen molar-refractivity contribution in [3.05, 3.63) is 107 Å². The highest BCUT2D eigenvalue weighted by molar-refractivity contribution is 5.95. The average molecular weight is 345 g/mol. The minimum Gasteiger partial charge on any atom is -0.467 e. The molecule has 0 spiro atoms. The summed E-state index contributed by atoms with van der Waals surface area (Å²) in [5.74, 6) is 0.347. The smallest absolute Gasteiger partial charge is 0.217 e. The summed E-state index contributed by atoms with van der Waals surface area (Å²) < 4.78 is 20.1. The van der Waals surface area contributed by atoms with Gasteiger partial charge < -0.3 is 4.74 Å². The SMILES string of the molecule is C[C@@]1(Cc2ccccc2)N=C(c2ccccc2)O[C@H]1c1cccc(F)c1. The van der Waals surface area contributed by atoms with Gasteiger partial charge in [0.25, 0.3) is 0 Å². The van der Waals surface area contributed by atoms with Crippen LogP contribution in [0.5, 0.6) is 0 Å². The molecule has 130 valence electrons. The summed E-state index contributed by atoms with van der Waals surface area (Å²) in [5.41, 5.74) is 2.40. The van der Waals surface area contributed by atoms with Crippen LogP contribution in [0.1, 0.15) is 29.7 Å². The molecule has 0 radical (unpaired) electrons. The summed E-state index contributed by atoms with van der Waals surface area (Å²) in [6.45, 7) is 2.07. The molecule has 0 unspecified atom stereocenters. The quantitative estimate of drug-likeness (QED) is 0.625. The van der Waals surface area contributed by atoms with Crippen molar-refractivity contribution >= 4 is 5.90 Å². The summed E-state index contributed by atoms with van der Waals surface area (Å²) in [5, 5.41) is 0. The van der Waals surface area contributed by atoms with Crippen LogP contribution in [-0.2, 0) is 11.2 Å². The van der Waals surface area contributed by atoms with Crippen LogP contribution in [-0.4, -0.2) is 11.4 Å². The largest absolute Gasteiger partial charge is 0.467 e. The first kappa shape index (κ1) is 16.5. The van der Waals surface area contributed by atoms with E-state index in [1.165, 1.54) is 17.7 Å². The molecule has 0 amide bonds. The van der Waals surface area contributed by atoms with E-state index in [0.717, 1.165) is 11.1 Å². The molecule has 4 rings (SSSR count). The topological polar surface area (TPSA) is 21.6 Å². The Bertz CT molecular complexity index is 923.